The van der Waals surface area contributed by atoms with Crippen molar-refractivity contribution in [1.82, 2.24) is 4.98 Å². The van der Waals surface area contributed by atoms with Gasteiger partial charge in [0.15, 0.2) is 5.76 Å². The monoisotopic (exact) mass is 274 g/mol. The van der Waals surface area contributed by atoms with Crippen LogP contribution < -0.4 is 0 Å². The van der Waals surface area contributed by atoms with Gasteiger partial charge in [-0.1, -0.05) is 0 Å². The highest BCUT2D eigenvalue weighted by Crippen LogP contribution is 2.32. The maximum absolute atomic E-state index is 13.8. The first-order chi connectivity index (χ1) is 8.54. The fourth-order valence-corrected chi connectivity index (χ4v) is 1.52. The number of nitrogens with zero attached hydrogens (tertiary/aromatic N) is 2. The maximum atomic E-state index is 13.8. The predicted molar refractivity (Wildman–Crippen MR) is 58.1 cm³/mol. The number of aromatic nitrogens is 1. The minimum Gasteiger partial charge on any atom is -0.439 e. The fourth-order valence-electron chi connectivity index (χ4n) is 1.40. The molecule has 1 aromatic carbocycles. The summed E-state index contributed by atoms with van der Waals surface area (Å²) >= 11 is 5.44. The van der Waals surface area contributed by atoms with E-state index in [1.165, 1.54) is 0 Å². The van der Waals surface area contributed by atoms with Crippen molar-refractivity contribution in [1.29, 1.82) is 0 Å². The summed E-state index contributed by atoms with van der Waals surface area (Å²) in [5.41, 5.74) is -1.47. The van der Waals surface area contributed by atoms with Crippen molar-refractivity contribution < 1.29 is 18.1 Å². The van der Waals surface area contributed by atoms with Gasteiger partial charge in [-0.3, -0.25) is 10.1 Å². The molecule has 18 heavy (non-hydrogen) atoms. The van der Waals surface area contributed by atoms with Gasteiger partial charge in [0.2, 0.25) is 11.7 Å². The maximum Gasteiger partial charge on any atom is 0.305 e. The third kappa shape index (κ3) is 2.04. The van der Waals surface area contributed by atoms with Crippen molar-refractivity contribution in [2.45, 2.75) is 5.88 Å². The molecular weight excluding hydrogens is 270 g/mol. The van der Waals surface area contributed by atoms with Crippen LogP contribution in [-0.2, 0) is 5.88 Å². The Balaban J connectivity index is 2.62. The van der Waals surface area contributed by atoms with Crippen molar-refractivity contribution in [3.63, 3.8) is 0 Å². The van der Waals surface area contributed by atoms with Gasteiger partial charge < -0.3 is 4.42 Å². The molecule has 0 aliphatic rings. The van der Waals surface area contributed by atoms with E-state index in [0.717, 1.165) is 18.3 Å². The Hall–Kier alpha value is -2.02. The van der Waals surface area contributed by atoms with Crippen LogP contribution in [0.5, 0.6) is 0 Å². The Morgan fingerprint density at radius 3 is 2.72 bits per heavy atom. The molecular formula is C10H5ClF2N2O3. The molecule has 0 spiro atoms. The van der Waals surface area contributed by atoms with E-state index in [9.17, 15) is 18.9 Å². The predicted octanol–water partition coefficient (Wildman–Crippen LogP) is 3.27. The van der Waals surface area contributed by atoms with Crippen LogP contribution in [0.4, 0.5) is 14.5 Å². The zero-order valence-corrected chi connectivity index (χ0v) is 9.45. The van der Waals surface area contributed by atoms with Crippen molar-refractivity contribution in [2.75, 3.05) is 0 Å². The van der Waals surface area contributed by atoms with Gasteiger partial charge in [0.25, 0.3) is 0 Å². The minimum atomic E-state index is -1.31. The number of nitro benzene ring substituents is 1. The Morgan fingerprint density at radius 1 is 1.44 bits per heavy atom. The Morgan fingerprint density at radius 2 is 2.17 bits per heavy atom. The standard InChI is InChI=1S/C10H5ClF2N2O3/c11-3-8-14-4-7(18-8)9-5(12)1-2-6(10(9)13)15(16)17/h1-2,4H,3H2. The van der Waals surface area contributed by atoms with E-state index in [1.807, 2.05) is 0 Å². The zero-order chi connectivity index (χ0) is 13.3. The SMILES string of the molecule is O=[N+]([O-])c1ccc(F)c(-c2cnc(CCl)o2)c1F. The summed E-state index contributed by atoms with van der Waals surface area (Å²) in [6.45, 7) is 0. The number of hydrogen-bond donors (Lipinski definition) is 0. The molecule has 0 radical (unpaired) electrons. The van der Waals surface area contributed by atoms with Crippen molar-refractivity contribution in [3.05, 3.63) is 46.0 Å². The van der Waals surface area contributed by atoms with Gasteiger partial charge in [-0.15, -0.1) is 11.6 Å². The van der Waals surface area contributed by atoms with E-state index in [1.54, 1.807) is 0 Å². The van der Waals surface area contributed by atoms with Gasteiger partial charge in [-0.25, -0.2) is 9.37 Å². The summed E-state index contributed by atoms with van der Waals surface area (Å²) in [6.07, 6.45) is 1.06. The molecule has 0 saturated carbocycles. The molecule has 0 amide bonds. The molecule has 0 saturated heterocycles. The molecule has 0 N–H and O–H groups in total. The van der Waals surface area contributed by atoms with Crippen LogP contribution in [0.2, 0.25) is 0 Å². The van der Waals surface area contributed by atoms with Crippen LogP contribution >= 0.6 is 11.6 Å². The molecule has 1 aromatic heterocycles. The third-order valence-electron chi connectivity index (χ3n) is 2.18. The smallest absolute Gasteiger partial charge is 0.305 e. The van der Waals surface area contributed by atoms with Gasteiger partial charge in [0.05, 0.1) is 22.6 Å². The quantitative estimate of drug-likeness (QED) is 0.489. The molecule has 94 valence electrons. The molecule has 0 bridgehead atoms. The van der Waals surface area contributed by atoms with Crippen molar-refractivity contribution >= 4 is 17.3 Å². The molecule has 2 rings (SSSR count). The number of rotatable bonds is 3. The summed E-state index contributed by atoms with van der Waals surface area (Å²) in [5.74, 6) is -2.54. The van der Waals surface area contributed by atoms with E-state index in [2.05, 4.69) is 4.98 Å². The zero-order valence-electron chi connectivity index (χ0n) is 8.69. The summed E-state index contributed by atoms with van der Waals surface area (Å²) in [6, 6.07) is 1.53. The lowest BCUT2D eigenvalue weighted by Gasteiger charge is -2.01. The van der Waals surface area contributed by atoms with Gasteiger partial charge >= 0.3 is 5.69 Å². The molecule has 1 heterocycles. The van der Waals surface area contributed by atoms with Crippen LogP contribution in [0.25, 0.3) is 11.3 Å². The highest BCUT2D eigenvalue weighted by Gasteiger charge is 2.24. The number of halogens is 3. The average Bonchev–Trinajstić information content (AvgIpc) is 2.77. The Bertz CT molecular complexity index is 615. The Labute approximate surface area is 104 Å². The van der Waals surface area contributed by atoms with E-state index >= 15 is 0 Å². The molecule has 5 nitrogen and oxygen atoms in total. The summed E-state index contributed by atoms with van der Waals surface area (Å²) < 4.78 is 32.3. The fraction of sp³-hybridized carbons (Fsp3) is 0.100. The number of hydrogen-bond acceptors (Lipinski definition) is 4. The van der Waals surface area contributed by atoms with Gasteiger partial charge in [-0.05, 0) is 6.07 Å². The highest BCUT2D eigenvalue weighted by atomic mass is 35.5. The molecule has 0 unspecified atom stereocenters. The first-order valence-electron chi connectivity index (χ1n) is 4.68. The van der Waals surface area contributed by atoms with Crippen LogP contribution in [0.3, 0.4) is 0 Å². The van der Waals surface area contributed by atoms with Gasteiger partial charge in [0.1, 0.15) is 5.82 Å². The molecule has 0 fully saturated rings. The first kappa shape index (κ1) is 12.4. The van der Waals surface area contributed by atoms with Crippen molar-refractivity contribution in [2.24, 2.45) is 0 Å². The van der Waals surface area contributed by atoms with E-state index < -0.39 is 27.8 Å². The molecule has 0 atom stereocenters. The van der Waals surface area contributed by atoms with Gasteiger partial charge in [0, 0.05) is 6.07 Å². The highest BCUT2D eigenvalue weighted by molar-refractivity contribution is 6.16. The van der Waals surface area contributed by atoms with Crippen LogP contribution in [0.15, 0.2) is 22.7 Å². The van der Waals surface area contributed by atoms with Crippen LogP contribution in [0, 0.1) is 21.7 Å². The normalized spacial score (nSPS) is 10.6. The molecule has 8 heteroatoms. The van der Waals surface area contributed by atoms with E-state index in [0.29, 0.717) is 0 Å². The minimum absolute atomic E-state index is 0.0666. The summed E-state index contributed by atoms with van der Waals surface area (Å²) in [7, 11) is 0. The van der Waals surface area contributed by atoms with Gasteiger partial charge in [-0.2, -0.15) is 4.39 Å². The third-order valence-corrected chi connectivity index (χ3v) is 2.41. The largest absolute Gasteiger partial charge is 0.439 e. The number of nitro groups is 1. The lowest BCUT2D eigenvalue weighted by molar-refractivity contribution is -0.387. The second-order valence-corrected chi connectivity index (χ2v) is 3.53. The summed E-state index contributed by atoms with van der Waals surface area (Å²) in [4.78, 5) is 13.3. The second-order valence-electron chi connectivity index (χ2n) is 3.26. The Kier molecular flexibility index (Phi) is 3.24. The number of alkyl halides is 1. The van der Waals surface area contributed by atoms with E-state index in [-0.39, 0.29) is 17.5 Å². The second kappa shape index (κ2) is 4.69. The number of benzene rings is 1. The van der Waals surface area contributed by atoms with Crippen molar-refractivity contribution in [3.8, 4) is 11.3 Å². The average molecular weight is 275 g/mol. The lowest BCUT2D eigenvalue weighted by Crippen LogP contribution is -1.97. The molecule has 0 aliphatic heterocycles. The van der Waals surface area contributed by atoms with Crippen LogP contribution in [0.1, 0.15) is 5.89 Å². The number of oxazole rings is 1. The summed E-state index contributed by atoms with van der Waals surface area (Å²) in [5, 5.41) is 10.6. The lowest BCUT2D eigenvalue weighted by atomic mass is 10.1. The molecule has 2 aromatic rings. The van der Waals surface area contributed by atoms with E-state index in [4.69, 9.17) is 16.0 Å². The topological polar surface area (TPSA) is 69.2 Å². The van der Waals surface area contributed by atoms with Crippen LogP contribution in [-0.4, -0.2) is 9.91 Å². The first-order valence-corrected chi connectivity index (χ1v) is 5.21. The molecule has 0 aliphatic carbocycles.